The van der Waals surface area contributed by atoms with Crippen LogP contribution in [0.4, 0.5) is 11.9 Å². The molecular formula is C16H20N6. The summed E-state index contributed by atoms with van der Waals surface area (Å²) >= 11 is 0. The predicted molar refractivity (Wildman–Crippen MR) is 89.6 cm³/mol. The molecule has 0 aliphatic rings. The van der Waals surface area contributed by atoms with Crippen molar-refractivity contribution in [3.05, 3.63) is 35.9 Å². The monoisotopic (exact) mass is 296 g/mol. The molecule has 0 fully saturated rings. The number of rotatable bonds is 3. The fourth-order valence-electron chi connectivity index (χ4n) is 2.51. The van der Waals surface area contributed by atoms with Crippen LogP contribution in [0.5, 0.6) is 0 Å². The van der Waals surface area contributed by atoms with Crippen LogP contribution in [-0.2, 0) is 0 Å². The van der Waals surface area contributed by atoms with Gasteiger partial charge in [-0.2, -0.15) is 0 Å². The first kappa shape index (κ1) is 14.3. The van der Waals surface area contributed by atoms with Gasteiger partial charge >= 0.3 is 0 Å². The van der Waals surface area contributed by atoms with Gasteiger partial charge in [-0.05, 0) is 6.92 Å². The number of anilines is 2. The van der Waals surface area contributed by atoms with E-state index in [9.17, 15) is 0 Å². The summed E-state index contributed by atoms with van der Waals surface area (Å²) in [4.78, 5) is 8.79. The van der Waals surface area contributed by atoms with Gasteiger partial charge < -0.3 is 9.80 Å². The second-order valence-corrected chi connectivity index (χ2v) is 5.70. The minimum atomic E-state index is 0.772. The van der Waals surface area contributed by atoms with E-state index >= 15 is 0 Å². The Morgan fingerprint density at radius 1 is 0.864 bits per heavy atom. The first-order valence-electron chi connectivity index (χ1n) is 7.16. The number of hydrogen-bond donors (Lipinski definition) is 0. The fourth-order valence-corrected chi connectivity index (χ4v) is 2.51. The number of hydrogen-bond acceptors (Lipinski definition) is 5. The number of fused-ring (bicyclic) bond motifs is 1. The third kappa shape index (κ3) is 2.16. The van der Waals surface area contributed by atoms with Crippen molar-refractivity contribution in [2.75, 3.05) is 38.0 Å². The molecular weight excluding hydrogens is 276 g/mol. The Morgan fingerprint density at radius 3 is 2.09 bits per heavy atom. The highest BCUT2D eigenvalue weighted by molar-refractivity contribution is 5.73. The molecule has 6 nitrogen and oxygen atoms in total. The van der Waals surface area contributed by atoms with Gasteiger partial charge in [0.15, 0.2) is 5.65 Å². The Labute approximate surface area is 130 Å². The Bertz CT molecular complexity index is 804. The summed E-state index contributed by atoms with van der Waals surface area (Å²) in [7, 11) is 7.86. The van der Waals surface area contributed by atoms with Crippen molar-refractivity contribution >= 4 is 17.5 Å². The van der Waals surface area contributed by atoms with Crippen LogP contribution < -0.4 is 9.80 Å². The molecule has 0 amide bonds. The second kappa shape index (κ2) is 5.29. The van der Waals surface area contributed by atoms with Crippen LogP contribution in [-0.4, -0.2) is 47.8 Å². The average Bonchev–Trinajstić information content (AvgIpc) is 2.94. The number of aromatic nitrogens is 4. The lowest BCUT2D eigenvalue weighted by Gasteiger charge is -2.19. The van der Waals surface area contributed by atoms with Gasteiger partial charge in [0.2, 0.25) is 11.9 Å². The van der Waals surface area contributed by atoms with Gasteiger partial charge in [-0.1, -0.05) is 30.3 Å². The van der Waals surface area contributed by atoms with Crippen LogP contribution in [0.25, 0.3) is 16.9 Å². The normalized spacial score (nSPS) is 11.0. The van der Waals surface area contributed by atoms with Gasteiger partial charge in [0.25, 0.3) is 0 Å². The molecule has 0 aliphatic heterocycles. The van der Waals surface area contributed by atoms with Crippen LogP contribution in [0.2, 0.25) is 0 Å². The molecule has 0 atom stereocenters. The highest BCUT2D eigenvalue weighted by Gasteiger charge is 2.19. The Hall–Kier alpha value is -2.63. The van der Waals surface area contributed by atoms with Crippen molar-refractivity contribution in [1.82, 2.24) is 19.6 Å². The Balaban J connectivity index is 2.36. The largest absolute Gasteiger partial charge is 0.348 e. The van der Waals surface area contributed by atoms with Crippen LogP contribution in [0, 0.1) is 6.92 Å². The zero-order valence-corrected chi connectivity index (χ0v) is 13.6. The lowest BCUT2D eigenvalue weighted by atomic mass is 10.1. The maximum Gasteiger partial charge on any atom is 0.234 e. The van der Waals surface area contributed by atoms with Gasteiger partial charge in [0.1, 0.15) is 0 Å². The standard InChI is InChI=1S/C16H20N6/c1-11-13(12-9-7-6-8-10-12)17-15(20(2)3)22-14(11)18-19-16(22)21(4)5/h6-10H,1-5H3. The zero-order chi connectivity index (χ0) is 15.9. The summed E-state index contributed by atoms with van der Waals surface area (Å²) in [5, 5.41) is 8.68. The molecule has 3 aromatic rings. The van der Waals surface area contributed by atoms with Crippen molar-refractivity contribution < 1.29 is 0 Å². The van der Waals surface area contributed by atoms with Crippen molar-refractivity contribution in [3.63, 3.8) is 0 Å². The molecule has 0 N–H and O–H groups in total. The van der Waals surface area contributed by atoms with E-state index in [4.69, 9.17) is 4.98 Å². The van der Waals surface area contributed by atoms with Gasteiger partial charge in [-0.3, -0.25) is 0 Å². The van der Waals surface area contributed by atoms with Crippen molar-refractivity contribution in [1.29, 1.82) is 0 Å². The minimum absolute atomic E-state index is 0.772. The second-order valence-electron chi connectivity index (χ2n) is 5.70. The zero-order valence-electron chi connectivity index (χ0n) is 13.6. The molecule has 6 heteroatoms. The van der Waals surface area contributed by atoms with Crippen molar-refractivity contribution in [2.45, 2.75) is 6.92 Å². The molecule has 0 aliphatic carbocycles. The fraction of sp³-hybridized carbons (Fsp3) is 0.312. The molecule has 0 bridgehead atoms. The number of nitrogens with zero attached hydrogens (tertiary/aromatic N) is 6. The molecule has 0 saturated heterocycles. The van der Waals surface area contributed by atoms with E-state index < -0.39 is 0 Å². The summed E-state index contributed by atoms with van der Waals surface area (Å²) in [6.45, 7) is 2.04. The number of benzene rings is 1. The predicted octanol–water partition coefficient (Wildman–Crippen LogP) is 2.23. The molecule has 114 valence electrons. The molecule has 0 radical (unpaired) electrons. The quantitative estimate of drug-likeness (QED) is 0.742. The van der Waals surface area contributed by atoms with E-state index in [2.05, 4.69) is 22.3 Å². The third-order valence-electron chi connectivity index (χ3n) is 3.60. The van der Waals surface area contributed by atoms with Crippen molar-refractivity contribution in [2.24, 2.45) is 0 Å². The number of aryl methyl sites for hydroxylation is 1. The summed E-state index contributed by atoms with van der Waals surface area (Å²) in [6, 6.07) is 10.2. The maximum absolute atomic E-state index is 4.87. The summed E-state index contributed by atoms with van der Waals surface area (Å²) in [5.41, 5.74) is 3.88. The van der Waals surface area contributed by atoms with E-state index in [1.807, 2.05) is 67.5 Å². The molecule has 2 aromatic heterocycles. The van der Waals surface area contributed by atoms with Crippen LogP contribution in [0.15, 0.2) is 30.3 Å². The van der Waals surface area contributed by atoms with E-state index in [1.165, 1.54) is 0 Å². The first-order valence-corrected chi connectivity index (χ1v) is 7.16. The molecule has 0 spiro atoms. The smallest absolute Gasteiger partial charge is 0.234 e. The maximum atomic E-state index is 4.87. The summed E-state index contributed by atoms with van der Waals surface area (Å²) in [6.07, 6.45) is 0. The van der Waals surface area contributed by atoms with E-state index in [0.717, 1.165) is 34.4 Å². The van der Waals surface area contributed by atoms with Gasteiger partial charge in [-0.25, -0.2) is 9.38 Å². The molecule has 0 unspecified atom stereocenters. The van der Waals surface area contributed by atoms with E-state index in [-0.39, 0.29) is 0 Å². The third-order valence-corrected chi connectivity index (χ3v) is 3.60. The Morgan fingerprint density at radius 2 is 1.50 bits per heavy atom. The lowest BCUT2D eigenvalue weighted by molar-refractivity contribution is 0.918. The molecule has 22 heavy (non-hydrogen) atoms. The SMILES string of the molecule is Cc1c(-c2ccccc2)nc(N(C)C)n2c(N(C)C)nnc12. The molecule has 0 saturated carbocycles. The van der Waals surface area contributed by atoms with Crippen molar-refractivity contribution in [3.8, 4) is 11.3 Å². The van der Waals surface area contributed by atoms with Crippen LogP contribution >= 0.6 is 0 Å². The van der Waals surface area contributed by atoms with E-state index in [0.29, 0.717) is 0 Å². The highest BCUT2D eigenvalue weighted by Crippen LogP contribution is 2.29. The highest BCUT2D eigenvalue weighted by atomic mass is 15.4. The van der Waals surface area contributed by atoms with E-state index in [1.54, 1.807) is 0 Å². The molecule has 2 heterocycles. The Kier molecular flexibility index (Phi) is 3.44. The summed E-state index contributed by atoms with van der Waals surface area (Å²) < 4.78 is 1.99. The van der Waals surface area contributed by atoms with Gasteiger partial charge in [0.05, 0.1) is 5.69 Å². The average molecular weight is 296 g/mol. The van der Waals surface area contributed by atoms with Gasteiger partial charge in [-0.15, -0.1) is 10.2 Å². The molecule has 1 aromatic carbocycles. The summed E-state index contributed by atoms with van der Waals surface area (Å²) in [5.74, 6) is 1.59. The topological polar surface area (TPSA) is 49.6 Å². The van der Waals surface area contributed by atoms with Crippen LogP contribution in [0.3, 0.4) is 0 Å². The van der Waals surface area contributed by atoms with Gasteiger partial charge in [0, 0.05) is 39.3 Å². The minimum Gasteiger partial charge on any atom is -0.348 e. The molecule has 3 rings (SSSR count). The van der Waals surface area contributed by atoms with Crippen LogP contribution in [0.1, 0.15) is 5.56 Å². The first-order chi connectivity index (χ1) is 10.5. The lowest BCUT2D eigenvalue weighted by Crippen LogP contribution is -2.20.